The monoisotopic (exact) mass is 532 g/mol. The first-order valence-electron chi connectivity index (χ1n) is 4.52. The van der Waals surface area contributed by atoms with E-state index in [0.717, 1.165) is 0 Å². The number of rotatable bonds is 10. The Labute approximate surface area is 148 Å². The molecule has 0 aliphatic heterocycles. The second-order valence-corrected chi connectivity index (χ2v) is 12.2. The molecule has 0 heterocycles. The summed E-state index contributed by atoms with van der Waals surface area (Å²) in [5.74, 6) is 0. The Balaban J connectivity index is -0.00000288. The molecule has 0 aromatic rings. The highest BCUT2D eigenvalue weighted by molar-refractivity contribution is 7.72. The molecule has 0 aromatic carbocycles. The van der Waals surface area contributed by atoms with E-state index in [1.165, 1.54) is 0 Å². The van der Waals surface area contributed by atoms with Gasteiger partial charge in [0, 0.05) is 0 Å². The fourth-order valence-electron chi connectivity index (χ4n) is 0.720. The van der Waals surface area contributed by atoms with Crippen LogP contribution < -0.4 is 12.3 Å². The lowest BCUT2D eigenvalue weighted by atomic mass is 14.0. The van der Waals surface area contributed by atoms with E-state index in [1.54, 1.807) is 0 Å². The van der Waals surface area contributed by atoms with Crippen molar-refractivity contribution in [3.8, 4) is 0 Å². The molecule has 21 nitrogen and oxygen atoms in total. The molecule has 0 rings (SSSR count). The van der Waals surface area contributed by atoms with Gasteiger partial charge in [-0.25, -0.2) is 27.4 Å². The van der Waals surface area contributed by atoms with Crippen molar-refractivity contribution in [1.29, 1.82) is 0 Å². The van der Waals surface area contributed by atoms with E-state index in [1.807, 2.05) is 0 Å². The van der Waals surface area contributed by atoms with Gasteiger partial charge in [0.25, 0.3) is 0 Å². The van der Waals surface area contributed by atoms with Gasteiger partial charge < -0.3 is 51.4 Å². The summed E-state index contributed by atoms with van der Waals surface area (Å²) in [6.07, 6.45) is 0. The lowest BCUT2D eigenvalue weighted by molar-refractivity contribution is 0.184. The van der Waals surface area contributed by atoms with E-state index in [0.29, 0.717) is 0 Å². The van der Waals surface area contributed by atoms with Gasteiger partial charge in [-0.15, -0.1) is 0 Å². The fourth-order valence-corrected chi connectivity index (χ4v) is 7.55. The maximum Gasteiger partial charge on any atom is 0.490 e. The van der Waals surface area contributed by atoms with Crippen LogP contribution in [-0.2, 0) is 48.9 Å². The molecule has 27 heteroatoms. The van der Waals surface area contributed by atoms with Gasteiger partial charge >= 0.3 is 46.9 Å². The Morgan fingerprint density at radius 3 is 0.667 bits per heavy atom. The SMILES string of the molecule is N.N.O=P(O)(O)OP(=O)(O)OP(=O)(O)OP(=O)(O)OP(=O)(O)OP(=O)(O)O. The maximum absolute atomic E-state index is 11.2. The first kappa shape index (κ1) is 32.4. The lowest BCUT2D eigenvalue weighted by Crippen LogP contribution is -1.98. The van der Waals surface area contributed by atoms with E-state index < -0.39 is 46.9 Å². The Hall–Kier alpha value is 0.780. The predicted octanol–water partition coefficient (Wildman–Crippen LogP) is -0.0196. The Kier molecular flexibility index (Phi) is 12.3. The maximum atomic E-state index is 11.2. The first-order chi connectivity index (χ1) is 10.5. The van der Waals surface area contributed by atoms with Crippen LogP contribution >= 0.6 is 46.9 Å². The number of hydrogen-bond acceptors (Lipinski definition) is 13. The first-order valence-corrected chi connectivity index (χ1v) is 13.6. The Morgan fingerprint density at radius 2 is 0.519 bits per heavy atom. The molecule has 27 heavy (non-hydrogen) atoms. The summed E-state index contributed by atoms with van der Waals surface area (Å²) in [5.41, 5.74) is 0. The van der Waals surface area contributed by atoms with Gasteiger partial charge in [-0.2, -0.15) is 21.6 Å². The predicted molar refractivity (Wildman–Crippen MR) is 78.9 cm³/mol. The van der Waals surface area contributed by atoms with Gasteiger partial charge in [-0.1, -0.05) is 0 Å². The molecule has 14 N–H and O–H groups in total. The van der Waals surface area contributed by atoms with Crippen molar-refractivity contribution in [1.82, 2.24) is 12.3 Å². The third kappa shape index (κ3) is 17.4. The molecular formula is H14N2O19P6. The molecule has 0 saturated carbocycles. The zero-order valence-electron chi connectivity index (χ0n) is 12.2. The minimum absolute atomic E-state index is 0. The van der Waals surface area contributed by atoms with Crippen LogP contribution in [0, 0.1) is 0 Å². The molecule has 0 spiro atoms. The second kappa shape index (κ2) is 10.2. The molecule has 0 aromatic heterocycles. The summed E-state index contributed by atoms with van der Waals surface area (Å²) in [7, 11) is -36.2. The number of phosphoric acid groups is 6. The van der Waals surface area contributed by atoms with Crippen molar-refractivity contribution < 1.29 is 88.1 Å². The van der Waals surface area contributed by atoms with Gasteiger partial charge in [-0.3, -0.25) is 0 Å². The third-order valence-electron chi connectivity index (χ3n) is 1.04. The van der Waals surface area contributed by atoms with Gasteiger partial charge in [0.1, 0.15) is 0 Å². The standard InChI is InChI=1S/2H3N.H8O19P6/c;;1-20(2,3)15-22(7,8)17-24(11,12)19-25(13,14)18-23(9,10)16-21(4,5)6/h2*1H3;(H,7,8)(H,9,10)(H,11,12)(H,13,14)(H2,1,2,3)(H2,4,5,6). The van der Waals surface area contributed by atoms with E-state index >= 15 is 0 Å². The molecule has 0 radical (unpaired) electrons. The van der Waals surface area contributed by atoms with Crippen molar-refractivity contribution in [3.63, 3.8) is 0 Å². The van der Waals surface area contributed by atoms with Crippen LogP contribution in [-0.4, -0.2) is 39.1 Å². The summed E-state index contributed by atoms with van der Waals surface area (Å²) in [6, 6.07) is 0. The second-order valence-electron chi connectivity index (χ2n) is 3.26. The summed E-state index contributed by atoms with van der Waals surface area (Å²) >= 11 is 0. The van der Waals surface area contributed by atoms with Crippen molar-refractivity contribution in [2.24, 2.45) is 0 Å². The highest BCUT2D eigenvalue weighted by Crippen LogP contribution is 2.74. The zero-order valence-corrected chi connectivity index (χ0v) is 17.5. The highest BCUT2D eigenvalue weighted by atomic mass is 31.3. The van der Waals surface area contributed by atoms with Crippen LogP contribution in [0.2, 0.25) is 0 Å². The van der Waals surface area contributed by atoms with Gasteiger partial charge in [-0.05, 0) is 0 Å². The van der Waals surface area contributed by atoms with Crippen LogP contribution in [0.15, 0.2) is 0 Å². The van der Waals surface area contributed by atoms with Crippen molar-refractivity contribution >= 4 is 46.9 Å². The average Bonchev–Trinajstić information content (AvgIpc) is 1.97. The molecule has 0 aliphatic rings. The summed E-state index contributed by atoms with van der Waals surface area (Å²) in [5, 5.41) is 0. The molecule has 0 saturated heterocycles. The summed E-state index contributed by atoms with van der Waals surface area (Å²) in [6.45, 7) is 0. The summed E-state index contributed by atoms with van der Waals surface area (Å²) < 4.78 is 80.4. The number of hydrogen-bond donors (Lipinski definition) is 10. The largest absolute Gasteiger partial charge is 0.490 e. The molecule has 4 unspecified atom stereocenters. The zero-order chi connectivity index (χ0) is 20.5. The van der Waals surface area contributed by atoms with Crippen LogP contribution in [0.5, 0.6) is 0 Å². The van der Waals surface area contributed by atoms with Crippen molar-refractivity contribution in [2.75, 3.05) is 0 Å². The smallest absolute Gasteiger partial charge is 0.344 e. The fraction of sp³-hybridized carbons (Fsp3) is 0. The van der Waals surface area contributed by atoms with Gasteiger partial charge in [0.05, 0.1) is 0 Å². The van der Waals surface area contributed by atoms with E-state index in [2.05, 4.69) is 21.6 Å². The molecule has 0 bridgehead atoms. The van der Waals surface area contributed by atoms with E-state index in [4.69, 9.17) is 39.1 Å². The normalized spacial score (nSPS) is 21.3. The molecule has 168 valence electrons. The Morgan fingerprint density at radius 1 is 0.370 bits per heavy atom. The minimum Gasteiger partial charge on any atom is -0.344 e. The van der Waals surface area contributed by atoms with Crippen LogP contribution in [0.4, 0.5) is 0 Å². The molecular weight excluding hydrogens is 518 g/mol. The average molecular weight is 532 g/mol. The van der Waals surface area contributed by atoms with E-state index in [-0.39, 0.29) is 12.3 Å². The Bertz CT molecular complexity index is 701. The molecule has 0 amide bonds. The van der Waals surface area contributed by atoms with Crippen molar-refractivity contribution in [2.45, 2.75) is 0 Å². The van der Waals surface area contributed by atoms with Gasteiger partial charge in [0.15, 0.2) is 0 Å². The molecule has 4 atom stereocenters. The molecule has 0 fully saturated rings. The van der Waals surface area contributed by atoms with Gasteiger partial charge in [0.2, 0.25) is 0 Å². The third-order valence-corrected chi connectivity index (χ3v) is 9.34. The minimum atomic E-state index is -6.26. The van der Waals surface area contributed by atoms with Crippen LogP contribution in [0.3, 0.4) is 0 Å². The molecule has 0 aliphatic carbocycles. The van der Waals surface area contributed by atoms with Crippen molar-refractivity contribution in [3.05, 3.63) is 0 Å². The van der Waals surface area contributed by atoms with Crippen LogP contribution in [0.25, 0.3) is 0 Å². The topological polar surface area (TPSA) is 380 Å². The van der Waals surface area contributed by atoms with Crippen LogP contribution in [0.1, 0.15) is 0 Å². The van der Waals surface area contributed by atoms with E-state index in [9.17, 15) is 27.4 Å². The lowest BCUT2D eigenvalue weighted by Gasteiger charge is -2.19. The highest BCUT2D eigenvalue weighted by Gasteiger charge is 2.48. The quantitative estimate of drug-likeness (QED) is 0.165. The summed E-state index contributed by atoms with van der Waals surface area (Å²) in [4.78, 5) is 68.1.